The van der Waals surface area contributed by atoms with Crippen molar-refractivity contribution in [1.82, 2.24) is 0 Å². The fourth-order valence-electron chi connectivity index (χ4n) is 15.4. The second-order valence-corrected chi connectivity index (χ2v) is 19.5. The summed E-state index contributed by atoms with van der Waals surface area (Å²) in [5.74, 6) is 1.30. The zero-order valence-corrected chi connectivity index (χ0v) is 30.4. The Morgan fingerprint density at radius 3 is 2.28 bits per heavy atom. The predicted molar refractivity (Wildman–Crippen MR) is 184 cm³/mol. The van der Waals surface area contributed by atoms with E-state index in [-0.39, 0.29) is 39.1 Å². The highest BCUT2D eigenvalue weighted by Gasteiger charge is 2.80. The SMILES string of the molecule is COCCc1ccc(C[C@@H]2O[C@@]3(O)C[C@@H]4CC[C@@H]5C[C@@]6(C)[C@@H]7C[C@](C)(C(=O)O)CC[C@@]7(C)CC[C@@]6(C)[C@@H]6CC[C@@]2([C@@H]4[C@]56C)[C@@H]3C)cc1. The number of hydrogen-bond donors (Lipinski definition) is 2. The topological polar surface area (TPSA) is 76.0 Å². The first-order valence-electron chi connectivity index (χ1n) is 19.3. The molecule has 5 nitrogen and oxygen atoms in total. The van der Waals surface area contributed by atoms with Crippen LogP contribution in [0.4, 0.5) is 0 Å². The zero-order valence-electron chi connectivity index (χ0n) is 30.4. The van der Waals surface area contributed by atoms with E-state index in [0.717, 1.165) is 51.6 Å². The molecule has 14 atom stereocenters. The molecule has 1 aromatic carbocycles. The lowest BCUT2D eigenvalue weighted by molar-refractivity contribution is -0.309. The Morgan fingerprint density at radius 1 is 0.872 bits per heavy atom. The number of hydrogen-bond acceptors (Lipinski definition) is 4. The Morgan fingerprint density at radius 2 is 1.57 bits per heavy atom. The summed E-state index contributed by atoms with van der Waals surface area (Å²) in [6, 6.07) is 9.08. The number of carboxylic acid groups (broad SMARTS) is 1. The van der Waals surface area contributed by atoms with Crippen molar-refractivity contribution < 1.29 is 24.5 Å². The molecule has 7 aliphatic rings. The molecule has 2 N–H and O–H groups in total. The van der Waals surface area contributed by atoms with Gasteiger partial charge in [0.1, 0.15) is 0 Å². The molecule has 1 heterocycles. The highest BCUT2D eigenvalue weighted by molar-refractivity contribution is 5.74. The van der Waals surface area contributed by atoms with E-state index in [1.54, 1.807) is 7.11 Å². The highest BCUT2D eigenvalue weighted by Crippen LogP contribution is 2.83. The summed E-state index contributed by atoms with van der Waals surface area (Å²) in [7, 11) is 1.76. The summed E-state index contributed by atoms with van der Waals surface area (Å²) < 4.78 is 12.3. The number of aliphatic carboxylic acids is 1. The number of rotatable bonds is 6. The lowest BCUT2D eigenvalue weighted by Crippen LogP contribution is -2.73. The Balaban J connectivity index is 1.17. The molecule has 5 heteroatoms. The largest absolute Gasteiger partial charge is 0.481 e. The van der Waals surface area contributed by atoms with Crippen molar-refractivity contribution >= 4 is 5.97 Å². The van der Waals surface area contributed by atoms with Crippen LogP contribution in [0, 0.1) is 68.0 Å². The summed E-state index contributed by atoms with van der Waals surface area (Å²) in [5.41, 5.74) is 2.77. The van der Waals surface area contributed by atoms with Gasteiger partial charge in [-0.1, -0.05) is 58.9 Å². The van der Waals surface area contributed by atoms with Gasteiger partial charge in [0.15, 0.2) is 5.79 Å². The minimum absolute atomic E-state index is 0.0175. The molecule has 0 radical (unpaired) electrons. The van der Waals surface area contributed by atoms with Crippen LogP contribution in [-0.2, 0) is 27.1 Å². The molecule has 8 rings (SSSR count). The number of aliphatic hydroxyl groups is 1. The van der Waals surface area contributed by atoms with Crippen LogP contribution in [0.3, 0.4) is 0 Å². The van der Waals surface area contributed by atoms with Crippen molar-refractivity contribution in [3.8, 4) is 0 Å². The second-order valence-electron chi connectivity index (χ2n) is 19.5. The molecule has 1 aromatic rings. The van der Waals surface area contributed by atoms with Gasteiger partial charge in [0.2, 0.25) is 0 Å². The summed E-state index contributed by atoms with van der Waals surface area (Å²) in [5, 5.41) is 22.7. The van der Waals surface area contributed by atoms with E-state index in [1.807, 2.05) is 6.92 Å². The summed E-state index contributed by atoms with van der Waals surface area (Å²) in [6.07, 6.45) is 13.8. The van der Waals surface area contributed by atoms with Gasteiger partial charge in [-0.2, -0.15) is 0 Å². The number of carbonyl (C=O) groups is 1. The Kier molecular flexibility index (Phi) is 7.19. The van der Waals surface area contributed by atoms with Gasteiger partial charge in [-0.25, -0.2) is 0 Å². The van der Waals surface area contributed by atoms with Crippen LogP contribution in [0.5, 0.6) is 0 Å². The van der Waals surface area contributed by atoms with Crippen molar-refractivity contribution in [2.75, 3.05) is 13.7 Å². The average molecular weight is 647 g/mol. The normalized spacial score (nSPS) is 54.3. The molecule has 1 aliphatic heterocycles. The van der Waals surface area contributed by atoms with E-state index in [2.05, 4.69) is 58.9 Å². The molecule has 1 spiro atoms. The lowest BCUT2D eigenvalue weighted by atomic mass is 9.26. The van der Waals surface area contributed by atoms with Crippen LogP contribution in [-0.4, -0.2) is 41.8 Å². The molecule has 2 bridgehead atoms. The van der Waals surface area contributed by atoms with E-state index < -0.39 is 17.2 Å². The molecule has 0 unspecified atom stereocenters. The van der Waals surface area contributed by atoms with Crippen LogP contribution in [0.15, 0.2) is 24.3 Å². The smallest absolute Gasteiger partial charge is 0.309 e. The van der Waals surface area contributed by atoms with Gasteiger partial charge in [-0.05, 0) is 146 Å². The van der Waals surface area contributed by atoms with Gasteiger partial charge in [-0.3, -0.25) is 4.79 Å². The first-order chi connectivity index (χ1) is 22.1. The van der Waals surface area contributed by atoms with E-state index >= 15 is 0 Å². The molecule has 6 saturated carbocycles. The third-order valence-corrected chi connectivity index (χ3v) is 18.1. The fourth-order valence-corrected chi connectivity index (χ4v) is 15.4. The number of carboxylic acids is 1. The van der Waals surface area contributed by atoms with Crippen LogP contribution in [0.2, 0.25) is 0 Å². The van der Waals surface area contributed by atoms with Crippen LogP contribution >= 0.6 is 0 Å². The van der Waals surface area contributed by atoms with Crippen molar-refractivity contribution in [3.63, 3.8) is 0 Å². The van der Waals surface area contributed by atoms with Crippen molar-refractivity contribution in [3.05, 3.63) is 35.4 Å². The Hall–Kier alpha value is -1.43. The minimum atomic E-state index is -1.02. The monoisotopic (exact) mass is 646 g/mol. The summed E-state index contributed by atoms with van der Waals surface area (Å²) in [4.78, 5) is 12.7. The third-order valence-electron chi connectivity index (χ3n) is 18.1. The zero-order chi connectivity index (χ0) is 33.4. The average Bonchev–Trinajstić information content (AvgIpc) is 3.14. The maximum Gasteiger partial charge on any atom is 0.309 e. The van der Waals surface area contributed by atoms with Crippen molar-refractivity contribution in [2.24, 2.45) is 68.0 Å². The molecule has 0 amide bonds. The lowest BCUT2D eigenvalue weighted by Gasteiger charge is -2.78. The van der Waals surface area contributed by atoms with E-state index in [1.165, 1.54) is 49.7 Å². The maximum atomic E-state index is 12.7. The van der Waals surface area contributed by atoms with E-state index in [9.17, 15) is 15.0 Å². The van der Waals surface area contributed by atoms with Gasteiger partial charge in [-0.15, -0.1) is 0 Å². The molecule has 6 aliphatic carbocycles. The molecular formula is C42H62O5. The van der Waals surface area contributed by atoms with Gasteiger partial charge in [0, 0.05) is 24.9 Å². The van der Waals surface area contributed by atoms with Gasteiger partial charge >= 0.3 is 5.97 Å². The maximum absolute atomic E-state index is 12.7. The quantitative estimate of drug-likeness (QED) is 0.323. The number of benzene rings is 1. The number of fused-ring (bicyclic) bond motifs is 5. The standard InChI is InChI=1S/C42H62O5/c1-26-41-16-14-31-38(4)20-19-36(2)17-18-37(3,35(43)44)25-32(36)39(38,5)24-30-13-12-29(34(41)40(30,31)6)23-42(26,45)47-33(41)22-28-10-8-27(9-11-28)15-21-46-7/h8-11,26,29-34,45H,12-25H2,1-7H3,(H,43,44)/t26-,29-,30+,31-,32+,33-,34-,36-,37+,38-,39-,40+,41+,42-/m0/s1. The fraction of sp³-hybridized carbons (Fsp3) is 0.833. The van der Waals surface area contributed by atoms with Crippen molar-refractivity contribution in [2.45, 2.75) is 137 Å². The Labute approximate surface area is 284 Å². The predicted octanol–water partition coefficient (Wildman–Crippen LogP) is 8.70. The molecule has 260 valence electrons. The van der Waals surface area contributed by atoms with Crippen molar-refractivity contribution in [1.29, 1.82) is 0 Å². The minimum Gasteiger partial charge on any atom is -0.481 e. The first kappa shape index (κ1) is 32.8. The van der Waals surface area contributed by atoms with Gasteiger partial charge < -0.3 is 19.7 Å². The summed E-state index contributed by atoms with van der Waals surface area (Å²) in [6.45, 7) is 15.7. The molecule has 47 heavy (non-hydrogen) atoms. The van der Waals surface area contributed by atoms with E-state index in [4.69, 9.17) is 9.47 Å². The second kappa shape index (κ2) is 10.3. The third kappa shape index (κ3) is 4.09. The molecule has 0 aromatic heterocycles. The van der Waals surface area contributed by atoms with Gasteiger partial charge in [0.25, 0.3) is 0 Å². The van der Waals surface area contributed by atoms with Crippen LogP contribution < -0.4 is 0 Å². The first-order valence-corrected chi connectivity index (χ1v) is 19.3. The van der Waals surface area contributed by atoms with E-state index in [0.29, 0.717) is 29.6 Å². The molecule has 1 saturated heterocycles. The highest BCUT2D eigenvalue weighted by atomic mass is 16.6. The van der Waals surface area contributed by atoms with Crippen LogP contribution in [0.1, 0.15) is 123 Å². The number of ether oxygens (including phenoxy) is 2. The summed E-state index contributed by atoms with van der Waals surface area (Å²) >= 11 is 0. The Bertz CT molecular complexity index is 1420. The van der Waals surface area contributed by atoms with Crippen LogP contribution in [0.25, 0.3) is 0 Å². The molecule has 7 fully saturated rings. The number of methoxy groups -OCH3 is 1. The van der Waals surface area contributed by atoms with Gasteiger partial charge in [0.05, 0.1) is 18.1 Å². The molecular weight excluding hydrogens is 584 g/mol.